The predicted octanol–water partition coefficient (Wildman–Crippen LogP) is 3.20. The average Bonchev–Trinajstić information content (AvgIpc) is 2.88. The molecular weight excluding hydrogens is 458 g/mol. The summed E-state index contributed by atoms with van der Waals surface area (Å²) in [5, 5.41) is 12.6. The van der Waals surface area contributed by atoms with Gasteiger partial charge in [-0.1, -0.05) is 6.07 Å². The number of nitrogens with one attached hydrogen (secondary N) is 4. The van der Waals surface area contributed by atoms with Crippen molar-refractivity contribution in [1.82, 2.24) is 25.6 Å². The maximum absolute atomic E-state index is 12.7. The molecule has 1 aliphatic heterocycles. The number of benzene rings is 1. The molecule has 0 saturated heterocycles. The van der Waals surface area contributed by atoms with Gasteiger partial charge in [0.25, 0.3) is 5.91 Å². The summed E-state index contributed by atoms with van der Waals surface area (Å²) in [6, 6.07) is 9.67. The van der Waals surface area contributed by atoms with Crippen LogP contribution in [0.2, 0.25) is 0 Å². The van der Waals surface area contributed by atoms with Crippen LogP contribution in [0, 0.1) is 0 Å². The molecule has 0 radical (unpaired) electrons. The van der Waals surface area contributed by atoms with Crippen molar-refractivity contribution in [2.45, 2.75) is 39.2 Å². The SMILES string of the molecule is CCNC(=O)c1cnc(Nc2ccc3c(c2)CCNC3)nc1Nc1ccnc(C(C)(C)C(=O)OC)c1. The van der Waals surface area contributed by atoms with Gasteiger partial charge < -0.3 is 26.0 Å². The highest BCUT2D eigenvalue weighted by Gasteiger charge is 2.32. The van der Waals surface area contributed by atoms with Gasteiger partial charge in [-0.05, 0) is 69.1 Å². The summed E-state index contributed by atoms with van der Waals surface area (Å²) in [6.07, 6.45) is 4.04. The fourth-order valence-electron chi connectivity index (χ4n) is 3.99. The van der Waals surface area contributed by atoms with E-state index in [0.717, 1.165) is 25.2 Å². The molecule has 2 aromatic heterocycles. The number of fused-ring (bicyclic) bond motifs is 1. The summed E-state index contributed by atoms with van der Waals surface area (Å²) in [5.74, 6) is -0.0150. The van der Waals surface area contributed by atoms with Crippen LogP contribution in [-0.4, -0.2) is 47.0 Å². The molecule has 3 aromatic rings. The highest BCUT2D eigenvalue weighted by Crippen LogP contribution is 2.28. The van der Waals surface area contributed by atoms with E-state index >= 15 is 0 Å². The Bertz CT molecular complexity index is 1280. The molecule has 0 spiro atoms. The third kappa shape index (κ3) is 5.44. The van der Waals surface area contributed by atoms with Gasteiger partial charge in [-0.25, -0.2) is 4.98 Å². The first-order chi connectivity index (χ1) is 17.3. The van der Waals surface area contributed by atoms with Gasteiger partial charge in [0.1, 0.15) is 16.8 Å². The quantitative estimate of drug-likeness (QED) is 0.352. The van der Waals surface area contributed by atoms with Crippen LogP contribution in [0.5, 0.6) is 0 Å². The molecule has 36 heavy (non-hydrogen) atoms. The molecule has 1 aliphatic rings. The van der Waals surface area contributed by atoms with E-state index in [4.69, 9.17) is 4.74 Å². The first kappa shape index (κ1) is 25.1. The monoisotopic (exact) mass is 489 g/mol. The first-order valence-corrected chi connectivity index (χ1v) is 11.9. The van der Waals surface area contributed by atoms with Crippen LogP contribution < -0.4 is 21.3 Å². The smallest absolute Gasteiger partial charge is 0.317 e. The minimum Gasteiger partial charge on any atom is -0.468 e. The minimum absolute atomic E-state index is 0.294. The van der Waals surface area contributed by atoms with Gasteiger partial charge in [-0.2, -0.15) is 4.98 Å². The van der Waals surface area contributed by atoms with Gasteiger partial charge in [0.05, 0.1) is 12.8 Å². The number of esters is 1. The maximum atomic E-state index is 12.7. The van der Waals surface area contributed by atoms with Crippen molar-refractivity contribution in [3.8, 4) is 0 Å². The van der Waals surface area contributed by atoms with Crippen LogP contribution in [-0.2, 0) is 27.9 Å². The molecule has 0 saturated carbocycles. The molecule has 0 unspecified atom stereocenters. The Kier molecular flexibility index (Phi) is 7.44. The van der Waals surface area contributed by atoms with Crippen LogP contribution >= 0.6 is 0 Å². The number of carbonyl (C=O) groups is 2. The summed E-state index contributed by atoms with van der Waals surface area (Å²) in [6.45, 7) is 7.61. The summed E-state index contributed by atoms with van der Waals surface area (Å²) in [5.41, 5.74) is 3.93. The number of aromatic nitrogens is 3. The Labute approximate surface area is 210 Å². The number of hydrogen-bond donors (Lipinski definition) is 4. The van der Waals surface area contributed by atoms with E-state index in [1.165, 1.54) is 24.4 Å². The number of nitrogens with zero attached hydrogens (tertiary/aromatic N) is 3. The number of pyridine rings is 1. The molecule has 0 fully saturated rings. The lowest BCUT2D eigenvalue weighted by atomic mass is 9.89. The predicted molar refractivity (Wildman–Crippen MR) is 138 cm³/mol. The molecule has 188 valence electrons. The molecule has 4 rings (SSSR count). The maximum Gasteiger partial charge on any atom is 0.317 e. The fraction of sp³-hybridized carbons (Fsp3) is 0.346. The highest BCUT2D eigenvalue weighted by atomic mass is 16.5. The van der Waals surface area contributed by atoms with Crippen LogP contribution in [0.25, 0.3) is 0 Å². The Hall–Kier alpha value is -4.05. The second-order valence-electron chi connectivity index (χ2n) is 9.02. The van der Waals surface area contributed by atoms with Gasteiger partial charge in [-0.3, -0.25) is 14.6 Å². The molecule has 3 heterocycles. The van der Waals surface area contributed by atoms with Crippen molar-refractivity contribution < 1.29 is 14.3 Å². The molecule has 0 bridgehead atoms. The zero-order chi connectivity index (χ0) is 25.7. The number of rotatable bonds is 8. The van der Waals surface area contributed by atoms with E-state index in [2.05, 4.69) is 48.4 Å². The number of anilines is 4. The van der Waals surface area contributed by atoms with Crippen LogP contribution in [0.4, 0.5) is 23.1 Å². The summed E-state index contributed by atoms with van der Waals surface area (Å²) in [4.78, 5) is 38.3. The minimum atomic E-state index is -0.949. The van der Waals surface area contributed by atoms with Crippen molar-refractivity contribution in [3.05, 3.63) is 65.1 Å². The second-order valence-corrected chi connectivity index (χ2v) is 9.02. The third-order valence-electron chi connectivity index (χ3n) is 6.08. The lowest BCUT2D eigenvalue weighted by Gasteiger charge is -2.21. The van der Waals surface area contributed by atoms with Gasteiger partial charge in [-0.15, -0.1) is 0 Å². The van der Waals surface area contributed by atoms with Crippen molar-refractivity contribution in [3.63, 3.8) is 0 Å². The zero-order valence-corrected chi connectivity index (χ0v) is 20.9. The second kappa shape index (κ2) is 10.7. The van der Waals surface area contributed by atoms with E-state index in [1.807, 2.05) is 13.0 Å². The highest BCUT2D eigenvalue weighted by molar-refractivity contribution is 5.99. The molecule has 0 atom stereocenters. The molecule has 10 heteroatoms. The third-order valence-corrected chi connectivity index (χ3v) is 6.08. The first-order valence-electron chi connectivity index (χ1n) is 11.9. The largest absolute Gasteiger partial charge is 0.468 e. The Balaban J connectivity index is 1.65. The molecule has 1 amide bonds. The Morgan fingerprint density at radius 3 is 2.67 bits per heavy atom. The molecule has 0 aliphatic carbocycles. The fourth-order valence-corrected chi connectivity index (χ4v) is 3.99. The summed E-state index contributed by atoms with van der Waals surface area (Å²) < 4.78 is 4.93. The molecule has 4 N–H and O–H groups in total. The van der Waals surface area contributed by atoms with Gasteiger partial charge in [0.2, 0.25) is 5.95 Å². The zero-order valence-electron chi connectivity index (χ0n) is 20.9. The van der Waals surface area contributed by atoms with Crippen molar-refractivity contribution in [2.24, 2.45) is 0 Å². The van der Waals surface area contributed by atoms with E-state index in [0.29, 0.717) is 35.3 Å². The number of carbonyl (C=O) groups excluding carboxylic acids is 2. The summed E-state index contributed by atoms with van der Waals surface area (Å²) in [7, 11) is 1.35. The van der Waals surface area contributed by atoms with E-state index < -0.39 is 11.4 Å². The van der Waals surface area contributed by atoms with Crippen LogP contribution in [0.3, 0.4) is 0 Å². The lowest BCUT2D eigenvalue weighted by Crippen LogP contribution is -2.31. The van der Waals surface area contributed by atoms with Gasteiger partial charge in [0, 0.05) is 36.9 Å². The lowest BCUT2D eigenvalue weighted by molar-refractivity contribution is -0.146. The van der Waals surface area contributed by atoms with Crippen molar-refractivity contribution in [1.29, 1.82) is 0 Å². The standard InChI is InChI=1S/C26H31N7O3/c1-5-28-23(34)20-15-30-25(32-18-7-6-17-14-27-10-8-16(17)12-18)33-22(20)31-19-9-11-29-21(13-19)26(2,3)24(35)36-4/h6-7,9,11-13,15,27H,5,8,10,14H2,1-4H3,(H,28,34)(H2,29,30,31,32,33). The Morgan fingerprint density at radius 1 is 1.08 bits per heavy atom. The molecule has 10 nitrogen and oxygen atoms in total. The topological polar surface area (TPSA) is 130 Å². The number of amides is 1. The number of methoxy groups -OCH3 is 1. The number of hydrogen-bond acceptors (Lipinski definition) is 9. The van der Waals surface area contributed by atoms with E-state index in [-0.39, 0.29) is 5.91 Å². The van der Waals surface area contributed by atoms with Gasteiger partial charge in [0.15, 0.2) is 0 Å². The molecular formula is C26H31N7O3. The molecule has 1 aromatic carbocycles. The normalized spacial score (nSPS) is 12.9. The van der Waals surface area contributed by atoms with Crippen LogP contribution in [0.15, 0.2) is 42.7 Å². The van der Waals surface area contributed by atoms with Crippen molar-refractivity contribution in [2.75, 3.05) is 30.8 Å². The summed E-state index contributed by atoms with van der Waals surface area (Å²) >= 11 is 0. The van der Waals surface area contributed by atoms with Crippen LogP contribution in [0.1, 0.15) is 48.0 Å². The van der Waals surface area contributed by atoms with E-state index in [9.17, 15) is 9.59 Å². The Morgan fingerprint density at radius 2 is 1.89 bits per heavy atom. The number of ether oxygens (including phenoxy) is 1. The van der Waals surface area contributed by atoms with Crippen molar-refractivity contribution >= 4 is 35.0 Å². The van der Waals surface area contributed by atoms with E-state index in [1.54, 1.807) is 32.2 Å². The van der Waals surface area contributed by atoms with Gasteiger partial charge >= 0.3 is 5.97 Å². The average molecular weight is 490 g/mol.